The molecule has 2 aromatic carbocycles. The van der Waals surface area contributed by atoms with Gasteiger partial charge in [0.1, 0.15) is 29.8 Å². The summed E-state index contributed by atoms with van der Waals surface area (Å²) in [6, 6.07) is 13.0. The van der Waals surface area contributed by atoms with E-state index in [1.807, 2.05) is 74.5 Å². The van der Waals surface area contributed by atoms with E-state index in [0.29, 0.717) is 22.2 Å². The molecule has 4 aliphatic heterocycles. The summed E-state index contributed by atoms with van der Waals surface area (Å²) >= 11 is 3.58. The smallest absolute Gasteiger partial charge is 0.313 e. The van der Waals surface area contributed by atoms with Crippen molar-refractivity contribution in [3.05, 3.63) is 87.9 Å². The van der Waals surface area contributed by atoms with Gasteiger partial charge >= 0.3 is 5.97 Å². The molecule has 0 saturated carbocycles. The normalized spacial score (nSPS) is 31.3. The number of anilines is 1. The van der Waals surface area contributed by atoms with Gasteiger partial charge in [-0.15, -0.1) is 0 Å². The molecular weight excluding hydrogens is 654 g/mol. The third kappa shape index (κ3) is 5.48. The summed E-state index contributed by atoms with van der Waals surface area (Å²) in [5.41, 5.74) is 1.70. The number of aliphatic hydroxyl groups excluding tert-OH is 1. The number of rotatable bonds is 4. The number of fused-ring (bicyclic) bond motifs is 2. The van der Waals surface area contributed by atoms with E-state index in [2.05, 4.69) is 21.2 Å². The molecular formula is C35H38BrN3O7. The van der Waals surface area contributed by atoms with Crippen molar-refractivity contribution in [2.45, 2.75) is 63.5 Å². The zero-order valence-corrected chi connectivity index (χ0v) is 27.6. The number of carbonyl (C=O) groups excluding carboxylic acids is 4. The molecule has 0 aromatic heterocycles. The molecule has 4 aliphatic rings. The average Bonchev–Trinajstić information content (AvgIpc) is 3.64. The predicted molar refractivity (Wildman–Crippen MR) is 174 cm³/mol. The van der Waals surface area contributed by atoms with Crippen molar-refractivity contribution in [3.8, 4) is 0 Å². The third-order valence-electron chi connectivity index (χ3n) is 9.44. The summed E-state index contributed by atoms with van der Waals surface area (Å²) in [6.45, 7) is 5.37. The lowest BCUT2D eigenvalue weighted by atomic mass is 9.74. The molecule has 46 heavy (non-hydrogen) atoms. The maximum Gasteiger partial charge on any atom is 0.313 e. The summed E-state index contributed by atoms with van der Waals surface area (Å²) in [4.78, 5) is 59.4. The zero-order valence-electron chi connectivity index (χ0n) is 26.0. The molecule has 11 heteroatoms. The van der Waals surface area contributed by atoms with Crippen LogP contribution in [0.15, 0.2) is 71.2 Å². The number of aliphatic hydroxyl groups is 1. The monoisotopic (exact) mass is 691 g/mol. The molecule has 2 N–H and O–H groups in total. The molecule has 2 saturated heterocycles. The van der Waals surface area contributed by atoms with Gasteiger partial charge in [0.2, 0.25) is 11.8 Å². The number of nitrogens with zero attached hydrogens (tertiary/aromatic N) is 2. The quantitative estimate of drug-likeness (QED) is 0.371. The van der Waals surface area contributed by atoms with Crippen LogP contribution < -0.4 is 10.2 Å². The molecule has 2 fully saturated rings. The van der Waals surface area contributed by atoms with Gasteiger partial charge in [0.25, 0.3) is 5.91 Å². The predicted octanol–water partition coefficient (Wildman–Crippen LogP) is 3.64. The van der Waals surface area contributed by atoms with Crippen molar-refractivity contribution in [2.24, 2.45) is 11.8 Å². The molecule has 5 bridgehead atoms. The highest BCUT2D eigenvalue weighted by Gasteiger charge is 2.75. The van der Waals surface area contributed by atoms with Gasteiger partial charge in [0, 0.05) is 23.1 Å². The Hall–Kier alpha value is -3.80. The molecule has 0 unspecified atom stereocenters. The zero-order chi connectivity index (χ0) is 32.7. The fourth-order valence-corrected chi connectivity index (χ4v) is 7.89. The molecule has 4 heterocycles. The number of cyclic esters (lactones) is 1. The Morgan fingerprint density at radius 3 is 2.57 bits per heavy atom. The number of ether oxygens (including phenoxy) is 2. The number of hydrogen-bond acceptors (Lipinski definition) is 7. The second-order valence-electron chi connectivity index (χ2n) is 12.5. The minimum atomic E-state index is -1.48. The Morgan fingerprint density at radius 2 is 1.83 bits per heavy atom. The van der Waals surface area contributed by atoms with Crippen LogP contribution >= 0.6 is 15.9 Å². The molecule has 0 radical (unpaired) electrons. The van der Waals surface area contributed by atoms with Crippen LogP contribution in [-0.2, 0) is 28.7 Å². The van der Waals surface area contributed by atoms with Crippen LogP contribution in [-0.4, -0.2) is 77.2 Å². The van der Waals surface area contributed by atoms with Crippen LogP contribution in [0.4, 0.5) is 5.69 Å². The Bertz CT molecular complexity index is 1610. The van der Waals surface area contributed by atoms with E-state index >= 15 is 0 Å². The lowest BCUT2D eigenvalue weighted by molar-refractivity contribution is -0.160. The maximum atomic E-state index is 15.0. The van der Waals surface area contributed by atoms with Crippen LogP contribution in [0.2, 0.25) is 0 Å². The van der Waals surface area contributed by atoms with Crippen LogP contribution in [0.5, 0.6) is 0 Å². The second-order valence-corrected chi connectivity index (χ2v) is 13.4. The van der Waals surface area contributed by atoms with Gasteiger partial charge in [-0.1, -0.05) is 70.5 Å². The van der Waals surface area contributed by atoms with Crippen molar-refractivity contribution in [1.29, 1.82) is 0 Å². The summed E-state index contributed by atoms with van der Waals surface area (Å²) < 4.78 is 13.2. The number of esters is 1. The van der Waals surface area contributed by atoms with E-state index in [4.69, 9.17) is 9.47 Å². The first kappa shape index (κ1) is 32.2. The second kappa shape index (κ2) is 12.8. The fraction of sp³-hybridized carbons (Fsp3) is 0.429. The summed E-state index contributed by atoms with van der Waals surface area (Å²) in [5.74, 6) is -3.85. The van der Waals surface area contributed by atoms with E-state index in [0.717, 1.165) is 11.1 Å². The maximum absolute atomic E-state index is 15.0. The van der Waals surface area contributed by atoms with Crippen molar-refractivity contribution in [1.82, 2.24) is 10.2 Å². The van der Waals surface area contributed by atoms with E-state index in [9.17, 15) is 24.3 Å². The summed E-state index contributed by atoms with van der Waals surface area (Å²) in [5, 5.41) is 13.2. The number of nitrogens with one attached hydrogen (secondary N) is 1. The summed E-state index contributed by atoms with van der Waals surface area (Å²) in [7, 11) is 0. The Labute approximate surface area is 276 Å². The Balaban J connectivity index is 1.48. The van der Waals surface area contributed by atoms with Gasteiger partial charge < -0.3 is 29.7 Å². The van der Waals surface area contributed by atoms with Crippen molar-refractivity contribution < 1.29 is 33.8 Å². The fourth-order valence-electron chi connectivity index (χ4n) is 7.15. The Morgan fingerprint density at radius 1 is 1.07 bits per heavy atom. The molecule has 10 nitrogen and oxygen atoms in total. The molecule has 0 aliphatic carbocycles. The highest BCUT2D eigenvalue weighted by atomic mass is 79.9. The van der Waals surface area contributed by atoms with Crippen LogP contribution in [0.1, 0.15) is 42.6 Å². The molecule has 242 valence electrons. The van der Waals surface area contributed by atoms with Gasteiger partial charge in [-0.2, -0.15) is 0 Å². The molecule has 3 amide bonds. The number of allylic oxidation sites excluding steroid dienone is 1. The topological polar surface area (TPSA) is 125 Å². The molecule has 2 aromatic rings. The van der Waals surface area contributed by atoms with E-state index in [1.165, 1.54) is 4.90 Å². The first-order valence-electron chi connectivity index (χ1n) is 15.6. The number of carbonyl (C=O) groups is 4. The summed E-state index contributed by atoms with van der Waals surface area (Å²) in [6.07, 6.45) is 4.43. The van der Waals surface area contributed by atoms with Gasteiger partial charge in [-0.3, -0.25) is 19.2 Å². The molecule has 6 rings (SSSR count). The number of benzene rings is 2. The lowest BCUT2D eigenvalue weighted by Gasteiger charge is -2.38. The van der Waals surface area contributed by atoms with Gasteiger partial charge in [0.05, 0.1) is 25.1 Å². The first-order chi connectivity index (χ1) is 22.1. The van der Waals surface area contributed by atoms with Crippen LogP contribution in [0.3, 0.4) is 0 Å². The number of likely N-dealkylation sites (tertiary alicyclic amines) is 1. The third-order valence-corrected chi connectivity index (χ3v) is 10.1. The van der Waals surface area contributed by atoms with Crippen molar-refractivity contribution in [3.63, 3.8) is 0 Å². The van der Waals surface area contributed by atoms with E-state index in [-0.39, 0.29) is 32.0 Å². The SMILES string of the molecule is Cc1ccc(C)c(N2C/C=C\CCC(=O)NC[C@H](c3ccccc3)OC(=O)[C@H]3[C@@H]4O[C@@]5(C=C4Br)[C@@H]3C(=O)N([C@H](C)CO)[C@@H]5C2=O)c1. The standard InChI is InChI=1S/C35H38BrN3O7/c1-20-13-14-21(2)25(16-20)38-15-9-5-8-12-27(41)37-18-26(23-10-6-4-7-11-23)45-34(44)28-29-32(42)39(22(3)19-40)31(33(38)43)35(29)17-24(36)30(28)46-35/h4-7,9-11,13-14,16-17,22,26,28-31,40H,8,12,15,18-19H2,1-3H3,(H,37,41)/b9-5-/t22-,26-,28-,29+,30-,31-,35+/m1/s1. The average molecular weight is 693 g/mol. The highest BCUT2D eigenvalue weighted by molar-refractivity contribution is 9.11. The van der Waals surface area contributed by atoms with Crippen molar-refractivity contribution >= 4 is 45.3 Å². The number of halogens is 1. The first-order valence-corrected chi connectivity index (χ1v) is 16.4. The minimum absolute atomic E-state index is 0.0481. The van der Waals surface area contributed by atoms with Crippen LogP contribution in [0, 0.1) is 25.7 Å². The molecule has 1 spiro atoms. The highest BCUT2D eigenvalue weighted by Crippen LogP contribution is 2.59. The molecule has 7 atom stereocenters. The number of aryl methyl sites for hydroxylation is 2. The van der Waals surface area contributed by atoms with Gasteiger partial charge in [-0.05, 0) is 56.0 Å². The number of amides is 3. The minimum Gasteiger partial charge on any atom is -0.455 e. The largest absolute Gasteiger partial charge is 0.455 e. The lowest BCUT2D eigenvalue weighted by Crippen LogP contribution is -2.58. The van der Waals surface area contributed by atoms with Crippen molar-refractivity contribution in [2.75, 3.05) is 24.6 Å². The van der Waals surface area contributed by atoms with E-state index < -0.39 is 59.5 Å². The Kier molecular flexibility index (Phi) is 8.93. The van der Waals surface area contributed by atoms with Gasteiger partial charge in [-0.25, -0.2) is 0 Å². The number of hydrogen-bond donors (Lipinski definition) is 2. The van der Waals surface area contributed by atoms with Crippen LogP contribution in [0.25, 0.3) is 0 Å². The van der Waals surface area contributed by atoms with E-state index in [1.54, 1.807) is 17.9 Å². The van der Waals surface area contributed by atoms with Gasteiger partial charge in [0.15, 0.2) is 0 Å².